The Balaban J connectivity index is 1.76. The summed E-state index contributed by atoms with van der Waals surface area (Å²) in [4.78, 5) is 27.2. The van der Waals surface area contributed by atoms with Crippen LogP contribution < -0.4 is 5.32 Å². The second-order valence-corrected chi connectivity index (χ2v) is 9.02. The Hall–Kier alpha value is -2.03. The fourth-order valence-corrected chi connectivity index (χ4v) is 5.07. The lowest BCUT2D eigenvalue weighted by molar-refractivity contribution is -0.143. The largest absolute Gasteiger partial charge is 0.469 e. The fraction of sp³-hybridized carbons (Fsp3) is 0.476. The number of hydrogen-bond acceptors (Lipinski definition) is 7. The van der Waals surface area contributed by atoms with Gasteiger partial charge in [0.2, 0.25) is 0 Å². The summed E-state index contributed by atoms with van der Waals surface area (Å²) in [5.74, 6) is -0.365. The van der Waals surface area contributed by atoms with Crippen molar-refractivity contribution in [3.8, 4) is 0 Å². The molecule has 1 aliphatic rings. The van der Waals surface area contributed by atoms with Gasteiger partial charge in [0, 0.05) is 16.8 Å². The molecule has 0 radical (unpaired) electrons. The van der Waals surface area contributed by atoms with E-state index in [0.29, 0.717) is 6.42 Å². The third kappa shape index (κ3) is 4.94. The van der Waals surface area contributed by atoms with Crippen LogP contribution in [0.5, 0.6) is 0 Å². The van der Waals surface area contributed by atoms with Gasteiger partial charge in [-0.15, -0.1) is 22.7 Å². The Labute approximate surface area is 179 Å². The number of ether oxygens (including phenoxy) is 1. The number of hydrogen-bond donors (Lipinski definition) is 1. The molecule has 0 saturated carbocycles. The van der Waals surface area contributed by atoms with Gasteiger partial charge in [-0.1, -0.05) is 26.0 Å². The summed E-state index contributed by atoms with van der Waals surface area (Å²) < 4.78 is 4.84. The van der Waals surface area contributed by atoms with Gasteiger partial charge in [0.15, 0.2) is 0 Å². The lowest BCUT2D eigenvalue weighted by Crippen LogP contribution is -2.50. The Morgan fingerprint density at radius 1 is 1.24 bits per heavy atom. The minimum absolute atomic E-state index is 0.0836. The molecule has 156 valence electrons. The van der Waals surface area contributed by atoms with Crippen molar-refractivity contribution in [3.63, 3.8) is 0 Å². The van der Waals surface area contributed by atoms with E-state index in [9.17, 15) is 9.59 Å². The van der Waals surface area contributed by atoms with Gasteiger partial charge in [-0.3, -0.25) is 9.59 Å². The second-order valence-electron chi connectivity index (χ2n) is 7.09. The zero-order valence-electron chi connectivity index (χ0n) is 17.0. The molecule has 0 fully saturated rings. The molecule has 2 aromatic heterocycles. The molecule has 0 spiro atoms. The van der Waals surface area contributed by atoms with Gasteiger partial charge in [0.1, 0.15) is 0 Å². The minimum atomic E-state index is -0.457. The Bertz CT molecular complexity index is 843. The highest BCUT2D eigenvalue weighted by Gasteiger charge is 2.36. The van der Waals surface area contributed by atoms with Crippen LogP contribution in [0.25, 0.3) is 0 Å². The van der Waals surface area contributed by atoms with Crippen molar-refractivity contribution in [1.82, 2.24) is 10.3 Å². The van der Waals surface area contributed by atoms with Crippen LogP contribution in [0.4, 0.5) is 0 Å². The molecule has 6 nitrogen and oxygen atoms in total. The molecule has 1 amide bonds. The van der Waals surface area contributed by atoms with Crippen LogP contribution in [0.3, 0.4) is 0 Å². The topological polar surface area (TPSA) is 71.0 Å². The van der Waals surface area contributed by atoms with E-state index in [4.69, 9.17) is 4.74 Å². The second kappa shape index (κ2) is 9.65. The molecule has 29 heavy (non-hydrogen) atoms. The van der Waals surface area contributed by atoms with Crippen molar-refractivity contribution >= 4 is 40.3 Å². The molecule has 8 heteroatoms. The molecule has 0 aromatic carbocycles. The predicted molar refractivity (Wildman–Crippen MR) is 117 cm³/mol. The highest BCUT2D eigenvalue weighted by molar-refractivity contribution is 7.12. The maximum absolute atomic E-state index is 13.1. The number of hydrazone groups is 1. The molecule has 1 N–H and O–H groups in total. The Kier molecular flexibility index (Phi) is 7.21. The molecular formula is C21H27N3O3S2. The van der Waals surface area contributed by atoms with E-state index in [1.165, 1.54) is 7.11 Å². The number of thiophene rings is 2. The first-order valence-corrected chi connectivity index (χ1v) is 11.6. The number of carbonyl (C=O) groups is 2. The molecule has 0 aliphatic carbocycles. The summed E-state index contributed by atoms with van der Waals surface area (Å²) >= 11 is 3.27. The lowest BCUT2D eigenvalue weighted by Gasteiger charge is -2.32. The van der Waals surface area contributed by atoms with Crippen molar-refractivity contribution in [3.05, 3.63) is 44.8 Å². The number of rotatable bonds is 9. The Morgan fingerprint density at radius 2 is 1.97 bits per heavy atom. The molecule has 1 unspecified atom stereocenters. The molecule has 1 aliphatic heterocycles. The highest BCUT2D eigenvalue weighted by atomic mass is 32.1. The van der Waals surface area contributed by atoms with E-state index in [1.807, 2.05) is 42.8 Å². The van der Waals surface area contributed by atoms with Gasteiger partial charge in [-0.2, -0.15) is 5.10 Å². The SMILES string of the molecule is CCC(CC)(CC(=O)OC)NCC(=O)N1N=C(c2cccs2)CC1c1cccs1. The summed E-state index contributed by atoms with van der Waals surface area (Å²) in [7, 11) is 1.39. The fourth-order valence-electron chi connectivity index (χ4n) is 3.54. The minimum Gasteiger partial charge on any atom is -0.469 e. The molecule has 3 heterocycles. The van der Waals surface area contributed by atoms with Crippen LogP contribution in [-0.2, 0) is 14.3 Å². The number of methoxy groups -OCH3 is 1. The first kappa shape index (κ1) is 21.7. The van der Waals surface area contributed by atoms with E-state index in [1.54, 1.807) is 27.7 Å². The summed E-state index contributed by atoms with van der Waals surface area (Å²) in [5, 5.41) is 13.7. The van der Waals surface area contributed by atoms with Crippen LogP contribution in [0.1, 0.15) is 55.3 Å². The van der Waals surface area contributed by atoms with Crippen molar-refractivity contribution in [1.29, 1.82) is 0 Å². The molecule has 0 saturated heterocycles. The summed E-state index contributed by atoms with van der Waals surface area (Å²) in [6.07, 6.45) is 2.40. The van der Waals surface area contributed by atoms with Gasteiger partial charge < -0.3 is 10.1 Å². The van der Waals surface area contributed by atoms with Crippen LogP contribution in [0.2, 0.25) is 0 Å². The van der Waals surface area contributed by atoms with E-state index >= 15 is 0 Å². The standard InChI is InChI=1S/C21H27N3O3S2/c1-4-21(5-2,13-20(26)27-3)22-14-19(25)24-16(18-9-7-11-29-18)12-15(23-24)17-8-6-10-28-17/h6-11,16,22H,4-5,12-14H2,1-3H3. The van der Waals surface area contributed by atoms with Crippen LogP contribution >= 0.6 is 22.7 Å². The zero-order valence-corrected chi connectivity index (χ0v) is 18.6. The van der Waals surface area contributed by atoms with Crippen LogP contribution in [0, 0.1) is 0 Å². The lowest BCUT2D eigenvalue weighted by atomic mass is 9.89. The number of carbonyl (C=O) groups excluding carboxylic acids is 2. The predicted octanol–water partition coefficient (Wildman–Crippen LogP) is 4.20. The molecule has 1 atom stereocenters. The summed E-state index contributed by atoms with van der Waals surface area (Å²) in [6.45, 7) is 4.16. The van der Waals surface area contributed by atoms with Crippen molar-refractivity contribution in [2.24, 2.45) is 5.10 Å². The Morgan fingerprint density at radius 3 is 2.55 bits per heavy atom. The number of nitrogens with one attached hydrogen (secondary N) is 1. The van der Waals surface area contributed by atoms with Gasteiger partial charge >= 0.3 is 5.97 Å². The molecule has 3 rings (SSSR count). The number of nitrogens with zero attached hydrogens (tertiary/aromatic N) is 2. The number of esters is 1. The highest BCUT2D eigenvalue weighted by Crippen LogP contribution is 2.36. The normalized spacial score (nSPS) is 16.7. The average molecular weight is 434 g/mol. The monoisotopic (exact) mass is 433 g/mol. The first-order chi connectivity index (χ1) is 14.0. The van der Waals surface area contributed by atoms with Crippen molar-refractivity contribution in [2.75, 3.05) is 13.7 Å². The van der Waals surface area contributed by atoms with Gasteiger partial charge in [0.05, 0.1) is 36.7 Å². The third-order valence-electron chi connectivity index (χ3n) is 5.52. The summed E-state index contributed by atoms with van der Waals surface area (Å²) in [6, 6.07) is 8.00. The van der Waals surface area contributed by atoms with Gasteiger partial charge in [-0.25, -0.2) is 5.01 Å². The average Bonchev–Trinajstić information content (AvgIpc) is 3.50. The van der Waals surface area contributed by atoms with Crippen molar-refractivity contribution in [2.45, 2.75) is 51.1 Å². The van der Waals surface area contributed by atoms with Gasteiger partial charge in [-0.05, 0) is 35.7 Å². The quantitative estimate of drug-likeness (QED) is 0.602. The van der Waals surface area contributed by atoms with E-state index in [2.05, 4.69) is 16.5 Å². The zero-order chi connectivity index (χ0) is 20.9. The molecule has 0 bridgehead atoms. The maximum Gasteiger partial charge on any atom is 0.307 e. The van der Waals surface area contributed by atoms with Crippen molar-refractivity contribution < 1.29 is 14.3 Å². The smallest absolute Gasteiger partial charge is 0.307 e. The molecule has 2 aromatic rings. The number of amides is 1. The van der Waals surface area contributed by atoms with E-state index < -0.39 is 5.54 Å². The van der Waals surface area contributed by atoms with Crippen LogP contribution in [0.15, 0.2) is 40.1 Å². The summed E-state index contributed by atoms with van der Waals surface area (Å²) in [5.41, 5.74) is 0.486. The van der Waals surface area contributed by atoms with E-state index in [-0.39, 0.29) is 30.9 Å². The maximum atomic E-state index is 13.1. The van der Waals surface area contributed by atoms with E-state index in [0.717, 1.165) is 28.3 Å². The third-order valence-corrected chi connectivity index (χ3v) is 7.41. The molecular weight excluding hydrogens is 406 g/mol. The first-order valence-electron chi connectivity index (χ1n) is 9.80. The van der Waals surface area contributed by atoms with Gasteiger partial charge in [0.25, 0.3) is 5.91 Å². The van der Waals surface area contributed by atoms with Crippen LogP contribution in [-0.4, -0.2) is 41.8 Å².